The van der Waals surface area contributed by atoms with E-state index >= 15 is 0 Å². The first-order valence-corrected chi connectivity index (χ1v) is 7.52. The standard InChI is InChI=1S/C11H8N2O2S3/c1-15-11(14)8-9(12)18-10(13-8)7-4-6-5(17-7)2-3-16-6/h2-4H,12H2,1H3. The second kappa shape index (κ2) is 4.34. The Labute approximate surface area is 115 Å². The highest BCUT2D eigenvalue weighted by atomic mass is 32.1. The van der Waals surface area contributed by atoms with Gasteiger partial charge in [0.25, 0.3) is 0 Å². The average molecular weight is 296 g/mol. The molecular formula is C11H8N2O2S3. The van der Waals surface area contributed by atoms with Crippen LogP contribution in [0.15, 0.2) is 17.5 Å². The van der Waals surface area contributed by atoms with Gasteiger partial charge >= 0.3 is 5.97 Å². The first kappa shape index (κ1) is 11.6. The maximum Gasteiger partial charge on any atom is 0.359 e. The molecule has 0 saturated heterocycles. The smallest absolute Gasteiger partial charge is 0.359 e. The van der Waals surface area contributed by atoms with Crippen LogP contribution in [0.4, 0.5) is 5.00 Å². The molecule has 0 aliphatic heterocycles. The van der Waals surface area contributed by atoms with Crippen LogP contribution in [0.2, 0.25) is 0 Å². The minimum atomic E-state index is -0.492. The van der Waals surface area contributed by atoms with Crippen molar-refractivity contribution < 1.29 is 9.53 Å². The first-order chi connectivity index (χ1) is 8.69. The number of hydrogen-bond acceptors (Lipinski definition) is 7. The van der Waals surface area contributed by atoms with E-state index in [4.69, 9.17) is 5.73 Å². The number of thiazole rings is 1. The van der Waals surface area contributed by atoms with Gasteiger partial charge in [0, 0.05) is 9.40 Å². The Morgan fingerprint density at radius 1 is 1.39 bits per heavy atom. The maximum atomic E-state index is 11.4. The summed E-state index contributed by atoms with van der Waals surface area (Å²) in [5.41, 5.74) is 5.99. The molecule has 0 spiro atoms. The average Bonchev–Trinajstić information content (AvgIpc) is 3.00. The summed E-state index contributed by atoms with van der Waals surface area (Å²) in [4.78, 5) is 16.7. The first-order valence-electron chi connectivity index (χ1n) is 5.01. The number of nitrogens with zero attached hydrogens (tertiary/aromatic N) is 1. The van der Waals surface area contributed by atoms with Crippen molar-refractivity contribution in [2.24, 2.45) is 0 Å². The Kier molecular flexibility index (Phi) is 2.81. The van der Waals surface area contributed by atoms with Gasteiger partial charge in [0.1, 0.15) is 10.0 Å². The van der Waals surface area contributed by atoms with Crippen LogP contribution < -0.4 is 5.73 Å². The Morgan fingerprint density at radius 2 is 2.22 bits per heavy atom. The Morgan fingerprint density at radius 3 is 2.94 bits per heavy atom. The number of carbonyl (C=O) groups excluding carboxylic acids is 1. The van der Waals surface area contributed by atoms with Crippen LogP contribution in [-0.2, 0) is 4.74 Å². The van der Waals surface area contributed by atoms with E-state index < -0.39 is 5.97 Å². The lowest BCUT2D eigenvalue weighted by Gasteiger charge is -1.93. The highest BCUT2D eigenvalue weighted by Crippen LogP contribution is 2.39. The SMILES string of the molecule is COC(=O)c1nc(-c2cc3sccc3s2)sc1N. The van der Waals surface area contributed by atoms with Crippen molar-refractivity contribution in [2.45, 2.75) is 0 Å². The summed E-state index contributed by atoms with van der Waals surface area (Å²) in [5.74, 6) is -0.492. The molecule has 0 aliphatic carbocycles. The van der Waals surface area contributed by atoms with Gasteiger partial charge in [-0.3, -0.25) is 0 Å². The molecule has 0 radical (unpaired) electrons. The van der Waals surface area contributed by atoms with E-state index in [1.54, 1.807) is 22.7 Å². The third-order valence-electron chi connectivity index (χ3n) is 2.38. The van der Waals surface area contributed by atoms with E-state index in [-0.39, 0.29) is 5.69 Å². The molecule has 92 valence electrons. The molecule has 0 fully saturated rings. The molecule has 7 heteroatoms. The molecule has 3 aromatic heterocycles. The number of thiophene rings is 2. The zero-order chi connectivity index (χ0) is 12.7. The Balaban J connectivity index is 2.07. The predicted molar refractivity (Wildman–Crippen MR) is 76.6 cm³/mol. The highest BCUT2D eigenvalue weighted by molar-refractivity contribution is 7.31. The van der Waals surface area contributed by atoms with Crippen molar-refractivity contribution in [2.75, 3.05) is 12.8 Å². The summed E-state index contributed by atoms with van der Waals surface area (Å²) < 4.78 is 7.09. The summed E-state index contributed by atoms with van der Waals surface area (Å²) in [5, 5.41) is 3.22. The second-order valence-corrected chi connectivity index (χ2v) is 6.55. The van der Waals surface area contributed by atoms with Crippen molar-refractivity contribution in [3.05, 3.63) is 23.2 Å². The molecule has 3 aromatic rings. The van der Waals surface area contributed by atoms with Crippen LogP contribution in [0.5, 0.6) is 0 Å². The molecule has 4 nitrogen and oxygen atoms in total. The van der Waals surface area contributed by atoms with Gasteiger partial charge in [-0.1, -0.05) is 11.3 Å². The number of anilines is 1. The summed E-state index contributed by atoms with van der Waals surface area (Å²) in [6.07, 6.45) is 0. The number of nitrogens with two attached hydrogens (primary N) is 1. The fourth-order valence-electron chi connectivity index (χ4n) is 1.55. The summed E-state index contributed by atoms with van der Waals surface area (Å²) in [6.45, 7) is 0. The molecule has 0 amide bonds. The van der Waals surface area contributed by atoms with Gasteiger partial charge in [-0.25, -0.2) is 9.78 Å². The van der Waals surface area contributed by atoms with Crippen molar-refractivity contribution in [3.63, 3.8) is 0 Å². The summed E-state index contributed by atoms with van der Waals surface area (Å²) >= 11 is 4.65. The van der Waals surface area contributed by atoms with Crippen molar-refractivity contribution in [3.8, 4) is 9.88 Å². The number of ether oxygens (including phenoxy) is 1. The lowest BCUT2D eigenvalue weighted by atomic mass is 10.4. The number of methoxy groups -OCH3 is 1. The number of esters is 1. The van der Waals surface area contributed by atoms with Gasteiger partial charge in [-0.15, -0.1) is 22.7 Å². The van der Waals surface area contributed by atoms with Crippen molar-refractivity contribution in [1.29, 1.82) is 0 Å². The summed E-state index contributed by atoms with van der Waals surface area (Å²) in [7, 11) is 1.32. The minimum absolute atomic E-state index is 0.203. The van der Waals surface area contributed by atoms with Gasteiger partial charge < -0.3 is 10.5 Å². The van der Waals surface area contributed by atoms with Crippen LogP contribution in [0.3, 0.4) is 0 Å². The number of rotatable bonds is 2. The van der Waals surface area contributed by atoms with Gasteiger partial charge in [-0.2, -0.15) is 0 Å². The zero-order valence-corrected chi connectivity index (χ0v) is 11.7. The van der Waals surface area contributed by atoms with Crippen LogP contribution >= 0.6 is 34.0 Å². The van der Waals surface area contributed by atoms with Crippen LogP contribution in [0.1, 0.15) is 10.5 Å². The van der Waals surface area contributed by atoms with E-state index in [9.17, 15) is 4.79 Å². The molecule has 3 rings (SSSR count). The van der Waals surface area contributed by atoms with E-state index in [0.717, 1.165) is 9.88 Å². The second-order valence-electron chi connectivity index (χ2n) is 3.48. The number of carbonyl (C=O) groups is 1. The molecule has 18 heavy (non-hydrogen) atoms. The van der Waals surface area contributed by atoms with E-state index in [1.165, 1.54) is 27.8 Å². The van der Waals surface area contributed by atoms with Crippen molar-refractivity contribution in [1.82, 2.24) is 4.98 Å². The molecule has 0 aliphatic rings. The van der Waals surface area contributed by atoms with Crippen molar-refractivity contribution >= 4 is 54.4 Å². The monoisotopic (exact) mass is 296 g/mol. The summed E-state index contributed by atoms with van der Waals surface area (Å²) in [6, 6.07) is 4.15. The molecule has 0 unspecified atom stereocenters. The van der Waals surface area contributed by atoms with Crippen LogP contribution in [-0.4, -0.2) is 18.1 Å². The predicted octanol–water partition coefficient (Wildman–Crippen LogP) is 3.46. The van der Waals surface area contributed by atoms with Crippen LogP contribution in [0.25, 0.3) is 19.3 Å². The maximum absolute atomic E-state index is 11.4. The Bertz CT molecular complexity index is 697. The third kappa shape index (κ3) is 1.80. The molecule has 0 bridgehead atoms. The quantitative estimate of drug-likeness (QED) is 0.736. The molecule has 3 heterocycles. The third-order valence-corrected chi connectivity index (χ3v) is 5.53. The van der Waals surface area contributed by atoms with Gasteiger partial charge in [-0.05, 0) is 17.5 Å². The molecular weight excluding hydrogens is 288 g/mol. The van der Waals surface area contributed by atoms with Gasteiger partial charge in [0.05, 0.1) is 12.0 Å². The van der Waals surface area contributed by atoms with E-state index in [2.05, 4.69) is 27.2 Å². The lowest BCUT2D eigenvalue weighted by Crippen LogP contribution is -2.04. The minimum Gasteiger partial charge on any atom is -0.464 e. The zero-order valence-electron chi connectivity index (χ0n) is 9.30. The van der Waals surface area contributed by atoms with E-state index in [0.29, 0.717) is 5.00 Å². The number of aromatic nitrogens is 1. The fourth-order valence-corrected chi connectivity index (χ4v) is 4.52. The number of fused-ring (bicyclic) bond motifs is 1. The number of nitrogen functional groups attached to an aromatic ring is 1. The van der Waals surface area contributed by atoms with Gasteiger partial charge in [0.15, 0.2) is 5.69 Å². The van der Waals surface area contributed by atoms with E-state index in [1.807, 2.05) is 0 Å². The molecule has 0 atom stereocenters. The van der Waals surface area contributed by atoms with Gasteiger partial charge in [0.2, 0.25) is 0 Å². The van der Waals surface area contributed by atoms with Crippen LogP contribution in [0, 0.1) is 0 Å². The lowest BCUT2D eigenvalue weighted by molar-refractivity contribution is 0.0596. The molecule has 0 saturated carbocycles. The fraction of sp³-hybridized carbons (Fsp3) is 0.0909. The largest absolute Gasteiger partial charge is 0.464 e. The highest BCUT2D eigenvalue weighted by Gasteiger charge is 2.18. The Hall–Kier alpha value is -1.44. The topological polar surface area (TPSA) is 65.2 Å². The molecule has 0 aromatic carbocycles. The molecule has 2 N–H and O–H groups in total. The normalized spacial score (nSPS) is 10.9. The number of hydrogen-bond donors (Lipinski definition) is 1.